The lowest BCUT2D eigenvalue weighted by molar-refractivity contribution is -0.0144. The fourth-order valence-corrected chi connectivity index (χ4v) is 3.06. The van der Waals surface area contributed by atoms with Gasteiger partial charge in [0.2, 0.25) is 0 Å². The summed E-state index contributed by atoms with van der Waals surface area (Å²) < 4.78 is 0. The minimum Gasteiger partial charge on any atom is -0.378 e. The summed E-state index contributed by atoms with van der Waals surface area (Å²) in [5.41, 5.74) is 3.00. The Hall–Kier alpha value is -0.860. The second-order valence-corrected chi connectivity index (χ2v) is 7.42. The quantitative estimate of drug-likeness (QED) is 0.881. The molecule has 1 aromatic carbocycles. The first-order valence-electron chi connectivity index (χ1n) is 8.48. The van der Waals surface area contributed by atoms with Crippen molar-refractivity contribution in [2.45, 2.75) is 70.9 Å². The van der Waals surface area contributed by atoms with Gasteiger partial charge < -0.3 is 5.11 Å². The van der Waals surface area contributed by atoms with Gasteiger partial charge in [0, 0.05) is 13.1 Å². The van der Waals surface area contributed by atoms with Crippen LogP contribution in [0.4, 0.5) is 0 Å². The molecule has 0 spiro atoms. The van der Waals surface area contributed by atoms with Gasteiger partial charge in [0.25, 0.3) is 0 Å². The maximum atomic E-state index is 10.2. The number of aliphatic hydroxyl groups excluding tert-OH is 1. The topological polar surface area (TPSA) is 23.5 Å². The van der Waals surface area contributed by atoms with Crippen molar-refractivity contribution in [1.29, 1.82) is 0 Å². The van der Waals surface area contributed by atoms with Crippen LogP contribution >= 0.6 is 0 Å². The maximum Gasteiger partial charge on any atom is 0.107 e. The average molecular weight is 289 g/mol. The van der Waals surface area contributed by atoms with E-state index in [4.69, 9.17) is 0 Å². The van der Waals surface area contributed by atoms with Crippen molar-refractivity contribution in [3.05, 3.63) is 35.4 Å². The van der Waals surface area contributed by atoms with Gasteiger partial charge in [-0.2, -0.15) is 0 Å². The van der Waals surface area contributed by atoms with Crippen LogP contribution in [0, 0.1) is 0 Å². The Balaban J connectivity index is 1.75. The third-order valence-corrected chi connectivity index (χ3v) is 4.56. The molecular weight excluding hydrogens is 258 g/mol. The Morgan fingerprint density at radius 1 is 1.05 bits per heavy atom. The molecule has 0 amide bonds. The highest BCUT2D eigenvalue weighted by molar-refractivity contribution is 5.27. The van der Waals surface area contributed by atoms with E-state index in [2.05, 4.69) is 49.9 Å². The summed E-state index contributed by atoms with van der Waals surface area (Å²) in [5.74, 6) is 0. The van der Waals surface area contributed by atoms with Crippen LogP contribution in [0.15, 0.2) is 24.3 Å². The Morgan fingerprint density at radius 2 is 1.67 bits per heavy atom. The lowest BCUT2D eigenvalue weighted by atomic mass is 9.86. The molecule has 0 bridgehead atoms. The Kier molecular flexibility index (Phi) is 5.83. The van der Waals surface area contributed by atoms with Crippen LogP contribution in [0.1, 0.15) is 64.0 Å². The van der Waals surface area contributed by atoms with E-state index >= 15 is 0 Å². The first-order valence-corrected chi connectivity index (χ1v) is 8.48. The molecule has 1 aromatic rings. The second-order valence-electron chi connectivity index (χ2n) is 7.42. The smallest absolute Gasteiger partial charge is 0.107 e. The standard InChI is InChI=1S/C19H31NO/c1-19(2,3)17-12-10-16(11-13-17)8-7-9-18(21)20-14-5-4-6-15-20/h10-13,18,21H,4-9,14-15H2,1-3H3. The van der Waals surface area contributed by atoms with Gasteiger partial charge in [0.1, 0.15) is 6.23 Å². The summed E-state index contributed by atoms with van der Waals surface area (Å²) >= 11 is 0. The predicted octanol–water partition coefficient (Wildman–Crippen LogP) is 4.11. The van der Waals surface area contributed by atoms with Crippen molar-refractivity contribution >= 4 is 0 Å². The molecule has 1 atom stereocenters. The van der Waals surface area contributed by atoms with Crippen molar-refractivity contribution in [3.8, 4) is 0 Å². The number of aryl methyl sites for hydroxylation is 1. The first kappa shape index (κ1) is 16.5. The fourth-order valence-electron chi connectivity index (χ4n) is 3.06. The molecule has 1 N–H and O–H groups in total. The number of piperidine rings is 1. The van der Waals surface area contributed by atoms with E-state index in [1.54, 1.807) is 0 Å². The fraction of sp³-hybridized carbons (Fsp3) is 0.684. The lowest BCUT2D eigenvalue weighted by Crippen LogP contribution is -2.39. The molecule has 2 rings (SSSR count). The molecule has 0 aliphatic carbocycles. The van der Waals surface area contributed by atoms with Crippen LogP contribution in [0.3, 0.4) is 0 Å². The Morgan fingerprint density at radius 3 is 2.24 bits per heavy atom. The van der Waals surface area contributed by atoms with Crippen LogP contribution in [-0.2, 0) is 11.8 Å². The summed E-state index contributed by atoms with van der Waals surface area (Å²) in [7, 11) is 0. The summed E-state index contributed by atoms with van der Waals surface area (Å²) in [6.07, 6.45) is 6.59. The Labute approximate surface area is 130 Å². The molecule has 1 unspecified atom stereocenters. The van der Waals surface area contributed by atoms with Crippen molar-refractivity contribution < 1.29 is 5.11 Å². The molecule has 1 fully saturated rings. The zero-order valence-electron chi connectivity index (χ0n) is 13.9. The number of aliphatic hydroxyl groups is 1. The van der Waals surface area contributed by atoms with Crippen LogP contribution in [0.2, 0.25) is 0 Å². The van der Waals surface area contributed by atoms with E-state index in [1.807, 2.05) is 0 Å². The highest BCUT2D eigenvalue weighted by Gasteiger charge is 2.17. The number of hydrogen-bond acceptors (Lipinski definition) is 2. The second kappa shape index (κ2) is 7.42. The molecule has 1 saturated heterocycles. The number of likely N-dealkylation sites (tertiary alicyclic amines) is 1. The van der Waals surface area contributed by atoms with Gasteiger partial charge in [-0.05, 0) is 48.6 Å². The van der Waals surface area contributed by atoms with E-state index in [1.165, 1.54) is 30.4 Å². The lowest BCUT2D eigenvalue weighted by Gasteiger charge is -2.31. The SMILES string of the molecule is CC(C)(C)c1ccc(CCCC(O)N2CCCCC2)cc1. The highest BCUT2D eigenvalue weighted by atomic mass is 16.3. The van der Waals surface area contributed by atoms with Crippen LogP contribution < -0.4 is 0 Å². The minimum atomic E-state index is -0.237. The number of hydrogen-bond donors (Lipinski definition) is 1. The van der Waals surface area contributed by atoms with E-state index in [0.717, 1.165) is 32.4 Å². The van der Waals surface area contributed by atoms with Gasteiger partial charge in [-0.1, -0.05) is 51.5 Å². The first-order chi connectivity index (χ1) is 9.97. The molecule has 1 aliphatic heterocycles. The molecule has 0 radical (unpaired) electrons. The molecule has 2 nitrogen and oxygen atoms in total. The predicted molar refractivity (Wildman–Crippen MR) is 89.5 cm³/mol. The highest BCUT2D eigenvalue weighted by Crippen LogP contribution is 2.23. The van der Waals surface area contributed by atoms with Gasteiger partial charge in [-0.3, -0.25) is 4.90 Å². The third-order valence-electron chi connectivity index (χ3n) is 4.56. The number of benzene rings is 1. The molecule has 0 saturated carbocycles. The van der Waals surface area contributed by atoms with Crippen LogP contribution in [0.25, 0.3) is 0 Å². The summed E-state index contributed by atoms with van der Waals surface area (Å²) in [5, 5.41) is 10.2. The van der Waals surface area contributed by atoms with Gasteiger partial charge in [0.05, 0.1) is 0 Å². The van der Waals surface area contributed by atoms with Gasteiger partial charge in [0.15, 0.2) is 0 Å². The summed E-state index contributed by atoms with van der Waals surface area (Å²) in [6, 6.07) is 8.98. The molecular formula is C19H31NO. The van der Waals surface area contributed by atoms with Gasteiger partial charge in [-0.25, -0.2) is 0 Å². The van der Waals surface area contributed by atoms with Crippen LogP contribution in [-0.4, -0.2) is 29.3 Å². The monoisotopic (exact) mass is 289 g/mol. The normalized spacial score (nSPS) is 18.7. The van der Waals surface area contributed by atoms with Crippen LogP contribution in [0.5, 0.6) is 0 Å². The largest absolute Gasteiger partial charge is 0.378 e. The molecule has 21 heavy (non-hydrogen) atoms. The van der Waals surface area contributed by atoms with Crippen molar-refractivity contribution in [2.75, 3.05) is 13.1 Å². The molecule has 2 heteroatoms. The zero-order valence-corrected chi connectivity index (χ0v) is 13.9. The number of nitrogens with zero attached hydrogens (tertiary/aromatic N) is 1. The molecule has 1 aliphatic rings. The van der Waals surface area contributed by atoms with E-state index < -0.39 is 0 Å². The van der Waals surface area contributed by atoms with E-state index in [9.17, 15) is 5.11 Å². The maximum absolute atomic E-state index is 10.2. The Bertz CT molecular complexity index is 412. The van der Waals surface area contributed by atoms with Gasteiger partial charge in [-0.15, -0.1) is 0 Å². The van der Waals surface area contributed by atoms with Crippen molar-refractivity contribution in [3.63, 3.8) is 0 Å². The van der Waals surface area contributed by atoms with E-state index in [-0.39, 0.29) is 11.6 Å². The molecule has 118 valence electrons. The van der Waals surface area contributed by atoms with Gasteiger partial charge >= 0.3 is 0 Å². The van der Waals surface area contributed by atoms with Crippen molar-refractivity contribution in [2.24, 2.45) is 0 Å². The minimum absolute atomic E-state index is 0.225. The van der Waals surface area contributed by atoms with E-state index in [0.29, 0.717) is 0 Å². The number of rotatable bonds is 5. The molecule has 1 heterocycles. The summed E-state index contributed by atoms with van der Waals surface area (Å²) in [4.78, 5) is 2.24. The third kappa shape index (κ3) is 5.12. The summed E-state index contributed by atoms with van der Waals surface area (Å²) in [6.45, 7) is 8.88. The molecule has 0 aromatic heterocycles. The average Bonchev–Trinajstić information content (AvgIpc) is 2.47. The van der Waals surface area contributed by atoms with Crippen molar-refractivity contribution in [1.82, 2.24) is 4.90 Å². The zero-order chi connectivity index (χ0) is 15.3.